The Labute approximate surface area is 127 Å². The van der Waals surface area contributed by atoms with Crippen LogP contribution in [-0.2, 0) is 14.3 Å². The highest BCUT2D eigenvalue weighted by Gasteiger charge is 2.10. The van der Waals surface area contributed by atoms with Crippen molar-refractivity contribution in [2.24, 2.45) is 0 Å². The molecular weight excluding hydrogens is 301 g/mol. The Morgan fingerprint density at radius 3 is 2.65 bits per heavy atom. The largest absolute Gasteiger partial charge is 0.469 e. The highest BCUT2D eigenvalue weighted by molar-refractivity contribution is 6.42. The molecule has 0 aliphatic heterocycles. The summed E-state index contributed by atoms with van der Waals surface area (Å²) in [5.41, 5.74) is 0.759. The highest BCUT2D eigenvalue weighted by atomic mass is 35.5. The fraction of sp³-hybridized carbons (Fsp3) is 0.286. The van der Waals surface area contributed by atoms with Gasteiger partial charge in [-0.25, -0.2) is 0 Å². The standard InChI is InChI=1S/C14H15Cl2NO3/c1-9(7-14(19)20-2)17-13(18)6-4-10-3-5-11(15)12(16)8-10/h3-6,8-9H,7H2,1-2H3,(H,17,18)/b6-4+. The molecule has 20 heavy (non-hydrogen) atoms. The van der Waals surface area contributed by atoms with E-state index in [1.165, 1.54) is 13.2 Å². The summed E-state index contributed by atoms with van der Waals surface area (Å²) in [5, 5.41) is 3.54. The van der Waals surface area contributed by atoms with Crippen LogP contribution in [0.3, 0.4) is 0 Å². The van der Waals surface area contributed by atoms with Crippen molar-refractivity contribution in [3.8, 4) is 0 Å². The average Bonchev–Trinajstić information content (AvgIpc) is 2.39. The highest BCUT2D eigenvalue weighted by Crippen LogP contribution is 2.23. The summed E-state index contributed by atoms with van der Waals surface area (Å²) in [4.78, 5) is 22.7. The molecule has 1 atom stereocenters. The minimum Gasteiger partial charge on any atom is -0.469 e. The number of methoxy groups -OCH3 is 1. The molecule has 1 N–H and O–H groups in total. The van der Waals surface area contributed by atoms with Crippen LogP contribution in [0.5, 0.6) is 0 Å². The van der Waals surface area contributed by atoms with Gasteiger partial charge < -0.3 is 10.1 Å². The summed E-state index contributed by atoms with van der Waals surface area (Å²) >= 11 is 11.7. The van der Waals surface area contributed by atoms with Crippen LogP contribution >= 0.6 is 23.2 Å². The topological polar surface area (TPSA) is 55.4 Å². The average molecular weight is 316 g/mol. The number of hydrogen-bond acceptors (Lipinski definition) is 3. The van der Waals surface area contributed by atoms with Crippen LogP contribution in [0.25, 0.3) is 6.08 Å². The maximum atomic E-state index is 11.6. The second-order valence-electron chi connectivity index (χ2n) is 4.20. The van der Waals surface area contributed by atoms with Gasteiger partial charge in [0.25, 0.3) is 0 Å². The first-order valence-electron chi connectivity index (χ1n) is 5.93. The van der Waals surface area contributed by atoms with Gasteiger partial charge in [0.2, 0.25) is 5.91 Å². The van der Waals surface area contributed by atoms with Crippen molar-refractivity contribution in [2.75, 3.05) is 7.11 Å². The van der Waals surface area contributed by atoms with Gasteiger partial charge in [-0.1, -0.05) is 29.3 Å². The number of hydrogen-bond donors (Lipinski definition) is 1. The maximum Gasteiger partial charge on any atom is 0.307 e. The zero-order chi connectivity index (χ0) is 15.1. The Morgan fingerprint density at radius 2 is 2.05 bits per heavy atom. The third kappa shape index (κ3) is 5.63. The van der Waals surface area contributed by atoms with Crippen molar-refractivity contribution in [3.05, 3.63) is 39.9 Å². The second kappa shape index (κ2) is 7.92. The molecular formula is C14H15Cl2NO3. The lowest BCUT2D eigenvalue weighted by Gasteiger charge is -2.10. The summed E-state index contributed by atoms with van der Waals surface area (Å²) in [6, 6.07) is 4.76. The molecule has 0 fully saturated rings. The zero-order valence-corrected chi connectivity index (χ0v) is 12.7. The smallest absolute Gasteiger partial charge is 0.307 e. The van der Waals surface area contributed by atoms with Crippen molar-refractivity contribution in [3.63, 3.8) is 0 Å². The molecule has 6 heteroatoms. The summed E-state index contributed by atoms with van der Waals surface area (Å²) in [5.74, 6) is -0.668. The lowest BCUT2D eigenvalue weighted by molar-refractivity contribution is -0.141. The molecule has 0 bridgehead atoms. The number of halogens is 2. The summed E-state index contributed by atoms with van der Waals surface area (Å²) in [6.45, 7) is 1.72. The fourth-order valence-electron chi connectivity index (χ4n) is 1.46. The van der Waals surface area contributed by atoms with Gasteiger partial charge in [-0.3, -0.25) is 9.59 Å². The van der Waals surface area contributed by atoms with Gasteiger partial charge in [0.1, 0.15) is 0 Å². The SMILES string of the molecule is COC(=O)CC(C)NC(=O)/C=C/c1ccc(Cl)c(Cl)c1. The van der Waals surface area contributed by atoms with Crippen molar-refractivity contribution in [1.29, 1.82) is 0 Å². The number of ether oxygens (including phenoxy) is 1. The number of carbonyl (C=O) groups excluding carboxylic acids is 2. The molecule has 0 aliphatic rings. The summed E-state index contributed by atoms with van der Waals surface area (Å²) in [6.07, 6.45) is 3.11. The first-order chi connectivity index (χ1) is 9.42. The van der Waals surface area contributed by atoms with E-state index < -0.39 is 0 Å². The molecule has 0 aliphatic carbocycles. The Bertz CT molecular complexity index is 529. The van der Waals surface area contributed by atoms with E-state index in [-0.39, 0.29) is 24.3 Å². The molecule has 1 unspecified atom stereocenters. The zero-order valence-electron chi connectivity index (χ0n) is 11.2. The predicted octanol–water partition coefficient (Wildman–Crippen LogP) is 3.07. The number of amides is 1. The van der Waals surface area contributed by atoms with Gasteiger partial charge in [-0.15, -0.1) is 0 Å². The molecule has 4 nitrogen and oxygen atoms in total. The Hall–Kier alpha value is -1.52. The minimum atomic E-state index is -0.369. The molecule has 1 aromatic carbocycles. The number of rotatable bonds is 5. The van der Waals surface area contributed by atoms with Crippen molar-refractivity contribution in [1.82, 2.24) is 5.32 Å². The number of benzene rings is 1. The lowest BCUT2D eigenvalue weighted by Crippen LogP contribution is -2.33. The fourth-order valence-corrected chi connectivity index (χ4v) is 1.77. The van der Waals surface area contributed by atoms with E-state index >= 15 is 0 Å². The van der Waals surface area contributed by atoms with Crippen LogP contribution in [0.4, 0.5) is 0 Å². The molecule has 0 aromatic heterocycles. The Balaban J connectivity index is 2.55. The minimum absolute atomic E-state index is 0.128. The molecule has 0 radical (unpaired) electrons. The van der Waals surface area contributed by atoms with Crippen LogP contribution in [0, 0.1) is 0 Å². The van der Waals surface area contributed by atoms with E-state index in [1.807, 2.05) is 0 Å². The number of esters is 1. The third-order valence-electron chi connectivity index (χ3n) is 2.46. The quantitative estimate of drug-likeness (QED) is 0.671. The number of carbonyl (C=O) groups is 2. The van der Waals surface area contributed by atoms with Crippen LogP contribution in [0.15, 0.2) is 24.3 Å². The van der Waals surface area contributed by atoms with Crippen LogP contribution in [0.1, 0.15) is 18.9 Å². The number of nitrogens with one attached hydrogen (secondary N) is 1. The summed E-state index contributed by atoms with van der Waals surface area (Å²) in [7, 11) is 1.31. The van der Waals surface area contributed by atoms with Crippen LogP contribution in [0.2, 0.25) is 10.0 Å². The van der Waals surface area contributed by atoms with Gasteiger partial charge in [0.05, 0.1) is 23.6 Å². The van der Waals surface area contributed by atoms with Gasteiger partial charge in [0, 0.05) is 12.1 Å². The van der Waals surface area contributed by atoms with Gasteiger partial charge >= 0.3 is 5.97 Å². The molecule has 0 saturated carbocycles. The van der Waals surface area contributed by atoms with E-state index in [0.29, 0.717) is 10.0 Å². The predicted molar refractivity (Wildman–Crippen MR) is 79.7 cm³/mol. The first kappa shape index (κ1) is 16.5. The Morgan fingerprint density at radius 1 is 1.35 bits per heavy atom. The normalized spacial score (nSPS) is 12.2. The van der Waals surface area contributed by atoms with Crippen LogP contribution < -0.4 is 5.32 Å². The molecule has 108 valence electrons. The van der Waals surface area contributed by atoms with Crippen LogP contribution in [-0.4, -0.2) is 25.0 Å². The second-order valence-corrected chi connectivity index (χ2v) is 5.01. The van der Waals surface area contributed by atoms with E-state index in [2.05, 4.69) is 10.1 Å². The molecule has 0 saturated heterocycles. The van der Waals surface area contributed by atoms with Crippen molar-refractivity contribution < 1.29 is 14.3 Å². The van der Waals surface area contributed by atoms with Crippen molar-refractivity contribution in [2.45, 2.75) is 19.4 Å². The third-order valence-corrected chi connectivity index (χ3v) is 3.20. The van der Waals surface area contributed by atoms with Crippen molar-refractivity contribution >= 4 is 41.2 Å². The van der Waals surface area contributed by atoms with Gasteiger partial charge in [0.15, 0.2) is 0 Å². The molecule has 0 spiro atoms. The van der Waals surface area contributed by atoms with Gasteiger partial charge in [-0.2, -0.15) is 0 Å². The van der Waals surface area contributed by atoms with E-state index in [1.54, 1.807) is 31.2 Å². The van der Waals surface area contributed by atoms with Gasteiger partial charge in [-0.05, 0) is 30.7 Å². The molecule has 1 aromatic rings. The molecule has 1 rings (SSSR count). The maximum absolute atomic E-state index is 11.6. The first-order valence-corrected chi connectivity index (χ1v) is 6.68. The molecule has 1 amide bonds. The monoisotopic (exact) mass is 315 g/mol. The Kier molecular flexibility index (Phi) is 6.55. The van der Waals surface area contributed by atoms with E-state index in [0.717, 1.165) is 5.56 Å². The lowest BCUT2D eigenvalue weighted by atomic mass is 10.2. The summed E-state index contributed by atoms with van der Waals surface area (Å²) < 4.78 is 4.52. The van der Waals surface area contributed by atoms with E-state index in [9.17, 15) is 9.59 Å². The molecule has 0 heterocycles. The van der Waals surface area contributed by atoms with E-state index in [4.69, 9.17) is 23.2 Å².